The third-order valence-corrected chi connectivity index (χ3v) is 4.45. The van der Waals surface area contributed by atoms with Gasteiger partial charge in [0.05, 0.1) is 12.2 Å². The summed E-state index contributed by atoms with van der Waals surface area (Å²) in [7, 11) is 3.43. The molecule has 3 heterocycles. The fourth-order valence-corrected chi connectivity index (χ4v) is 2.92. The Morgan fingerprint density at radius 3 is 2.79 bits per heavy atom. The van der Waals surface area contributed by atoms with Gasteiger partial charge in [0.15, 0.2) is 5.82 Å². The van der Waals surface area contributed by atoms with Gasteiger partial charge in [0, 0.05) is 45.4 Å². The highest BCUT2D eigenvalue weighted by molar-refractivity contribution is 6.03. The molecule has 10 heteroatoms. The largest absolute Gasteiger partial charge is 0.478 e. The molecule has 1 amide bonds. The zero-order valence-corrected chi connectivity index (χ0v) is 17.0. The molecule has 3 rings (SSSR count). The predicted octanol–water partition coefficient (Wildman–Crippen LogP) is 1.77. The molecule has 0 unspecified atom stereocenters. The summed E-state index contributed by atoms with van der Waals surface area (Å²) in [5.41, 5.74) is 0.436. The van der Waals surface area contributed by atoms with Crippen LogP contribution in [0.1, 0.15) is 41.4 Å². The molecular weight excluding hydrogens is 384 g/mol. The van der Waals surface area contributed by atoms with E-state index in [9.17, 15) is 4.79 Å². The zero-order valence-electron chi connectivity index (χ0n) is 16.2. The van der Waals surface area contributed by atoms with Crippen molar-refractivity contribution in [1.29, 1.82) is 0 Å². The lowest BCUT2D eigenvalue weighted by molar-refractivity contribution is 0.102. The minimum atomic E-state index is -0.277. The Morgan fingerprint density at radius 2 is 2.11 bits per heavy atom. The summed E-state index contributed by atoms with van der Waals surface area (Å²) in [6.07, 6.45) is 4.29. The molecule has 0 atom stereocenters. The first-order valence-electron chi connectivity index (χ1n) is 9.18. The number of carbonyl (C=O) groups is 1. The van der Waals surface area contributed by atoms with Gasteiger partial charge < -0.3 is 14.8 Å². The van der Waals surface area contributed by atoms with Crippen LogP contribution in [0.2, 0.25) is 0 Å². The van der Waals surface area contributed by atoms with E-state index in [0.717, 1.165) is 38.2 Å². The molecular formula is C18H27ClN6O3. The molecule has 2 aromatic heterocycles. The van der Waals surface area contributed by atoms with Crippen molar-refractivity contribution in [3.05, 3.63) is 29.7 Å². The van der Waals surface area contributed by atoms with Gasteiger partial charge in [0.1, 0.15) is 0 Å². The number of rotatable bonds is 8. The van der Waals surface area contributed by atoms with E-state index in [1.54, 1.807) is 31.0 Å². The van der Waals surface area contributed by atoms with Crippen LogP contribution < -0.4 is 15.4 Å². The summed E-state index contributed by atoms with van der Waals surface area (Å²) in [4.78, 5) is 21.1. The monoisotopic (exact) mass is 410 g/mol. The van der Waals surface area contributed by atoms with Crippen molar-refractivity contribution < 1.29 is 14.3 Å². The first-order chi connectivity index (χ1) is 13.2. The fourth-order valence-electron chi connectivity index (χ4n) is 2.92. The van der Waals surface area contributed by atoms with Crippen molar-refractivity contribution >= 4 is 24.3 Å². The molecule has 1 aliphatic heterocycles. The van der Waals surface area contributed by atoms with Gasteiger partial charge in [-0.1, -0.05) is 0 Å². The van der Waals surface area contributed by atoms with Gasteiger partial charge in [0.2, 0.25) is 11.8 Å². The summed E-state index contributed by atoms with van der Waals surface area (Å²) >= 11 is 0. The van der Waals surface area contributed by atoms with Crippen LogP contribution in [0.5, 0.6) is 5.88 Å². The lowest BCUT2D eigenvalue weighted by Gasteiger charge is -2.19. The highest BCUT2D eigenvalue weighted by Crippen LogP contribution is 2.23. The summed E-state index contributed by atoms with van der Waals surface area (Å²) in [6.45, 7) is 3.09. The number of piperidine rings is 1. The van der Waals surface area contributed by atoms with Gasteiger partial charge >= 0.3 is 0 Å². The number of nitrogens with one attached hydrogen (secondary N) is 2. The third kappa shape index (κ3) is 5.88. The molecule has 0 saturated carbocycles. The van der Waals surface area contributed by atoms with Crippen molar-refractivity contribution in [2.75, 3.05) is 38.7 Å². The van der Waals surface area contributed by atoms with Gasteiger partial charge in [-0.25, -0.2) is 9.67 Å². The van der Waals surface area contributed by atoms with E-state index >= 15 is 0 Å². The van der Waals surface area contributed by atoms with Crippen LogP contribution in [-0.4, -0.2) is 59.1 Å². The van der Waals surface area contributed by atoms with Crippen LogP contribution in [0.3, 0.4) is 0 Å². The maximum atomic E-state index is 12.5. The van der Waals surface area contributed by atoms with Crippen LogP contribution in [0.15, 0.2) is 18.3 Å². The van der Waals surface area contributed by atoms with Crippen molar-refractivity contribution in [3.8, 4) is 5.88 Å². The van der Waals surface area contributed by atoms with Gasteiger partial charge in [-0.15, -0.1) is 12.4 Å². The van der Waals surface area contributed by atoms with E-state index in [-0.39, 0.29) is 18.3 Å². The molecule has 0 aliphatic carbocycles. The van der Waals surface area contributed by atoms with Crippen molar-refractivity contribution in [3.63, 3.8) is 0 Å². The van der Waals surface area contributed by atoms with E-state index in [1.165, 1.54) is 6.20 Å². The fraction of sp³-hybridized carbons (Fsp3) is 0.556. The number of ether oxygens (including phenoxy) is 2. The molecule has 154 valence electrons. The highest BCUT2D eigenvalue weighted by atomic mass is 35.5. The molecule has 0 spiro atoms. The standard InChI is InChI=1S/C18H26N6O3.ClH/c1-24-18(21-16(23-24)13-6-8-19-9-7-13)22-17(25)14-4-5-15(20-12-14)27-11-3-10-26-2;/h4-5,12-13,19H,3,6-11H2,1-2H3,(H,21,22,23,25);1H. The minimum Gasteiger partial charge on any atom is -0.478 e. The first-order valence-corrected chi connectivity index (χ1v) is 9.18. The van der Waals surface area contributed by atoms with E-state index < -0.39 is 0 Å². The van der Waals surface area contributed by atoms with E-state index in [0.29, 0.717) is 36.5 Å². The Hall–Kier alpha value is -2.23. The average molecular weight is 411 g/mol. The average Bonchev–Trinajstić information content (AvgIpc) is 3.07. The maximum Gasteiger partial charge on any atom is 0.259 e. The maximum absolute atomic E-state index is 12.5. The number of aryl methyl sites for hydroxylation is 1. The smallest absolute Gasteiger partial charge is 0.259 e. The van der Waals surface area contributed by atoms with E-state index in [2.05, 4.69) is 25.7 Å². The number of anilines is 1. The second-order valence-electron chi connectivity index (χ2n) is 6.48. The summed E-state index contributed by atoms with van der Waals surface area (Å²) in [5, 5.41) is 10.6. The minimum absolute atomic E-state index is 0. The first kappa shape index (κ1) is 22.1. The number of carbonyl (C=O) groups excluding carboxylic acids is 1. The quantitative estimate of drug-likeness (QED) is 0.639. The van der Waals surface area contributed by atoms with E-state index in [4.69, 9.17) is 9.47 Å². The molecule has 0 radical (unpaired) electrons. The topological polar surface area (TPSA) is 103 Å². The Kier molecular flexibility index (Phi) is 8.62. The number of amides is 1. The van der Waals surface area contributed by atoms with Crippen LogP contribution in [0, 0.1) is 0 Å². The zero-order chi connectivity index (χ0) is 19.1. The predicted molar refractivity (Wildman–Crippen MR) is 107 cm³/mol. The Balaban J connectivity index is 0.00000280. The van der Waals surface area contributed by atoms with Crippen LogP contribution >= 0.6 is 12.4 Å². The lowest BCUT2D eigenvalue weighted by atomic mass is 9.98. The number of halogens is 1. The lowest BCUT2D eigenvalue weighted by Crippen LogP contribution is -2.27. The number of hydrogen-bond donors (Lipinski definition) is 2. The molecule has 1 saturated heterocycles. The Bertz CT molecular complexity index is 746. The second kappa shape index (κ2) is 10.9. The molecule has 2 N–H and O–H groups in total. The van der Waals surface area contributed by atoms with Crippen LogP contribution in [-0.2, 0) is 11.8 Å². The summed E-state index contributed by atoms with van der Waals surface area (Å²) < 4.78 is 12.1. The number of pyridine rings is 1. The normalized spacial score (nSPS) is 14.4. The molecule has 1 aliphatic rings. The number of aromatic nitrogens is 4. The molecule has 1 fully saturated rings. The molecule has 2 aromatic rings. The highest BCUT2D eigenvalue weighted by Gasteiger charge is 2.21. The Morgan fingerprint density at radius 1 is 1.32 bits per heavy atom. The van der Waals surface area contributed by atoms with Crippen LogP contribution in [0.25, 0.3) is 0 Å². The van der Waals surface area contributed by atoms with Gasteiger partial charge in [0.25, 0.3) is 5.91 Å². The van der Waals surface area contributed by atoms with E-state index in [1.807, 2.05) is 0 Å². The van der Waals surface area contributed by atoms with Gasteiger partial charge in [-0.3, -0.25) is 10.1 Å². The van der Waals surface area contributed by atoms with Gasteiger partial charge in [-0.05, 0) is 32.0 Å². The second-order valence-corrected chi connectivity index (χ2v) is 6.48. The molecule has 9 nitrogen and oxygen atoms in total. The third-order valence-electron chi connectivity index (χ3n) is 4.45. The van der Waals surface area contributed by atoms with Crippen molar-refractivity contribution in [1.82, 2.24) is 25.1 Å². The number of hydrogen-bond acceptors (Lipinski definition) is 7. The number of methoxy groups -OCH3 is 1. The molecule has 0 aromatic carbocycles. The SMILES string of the molecule is COCCCOc1ccc(C(=O)Nc2nc(C3CCNCC3)nn2C)cn1.Cl. The summed E-state index contributed by atoms with van der Waals surface area (Å²) in [6, 6.07) is 3.36. The molecule has 0 bridgehead atoms. The van der Waals surface area contributed by atoms with Crippen molar-refractivity contribution in [2.24, 2.45) is 7.05 Å². The Labute approximate surface area is 170 Å². The molecule has 28 heavy (non-hydrogen) atoms. The van der Waals surface area contributed by atoms with Crippen molar-refractivity contribution in [2.45, 2.75) is 25.2 Å². The number of nitrogens with zero attached hydrogens (tertiary/aromatic N) is 4. The summed E-state index contributed by atoms with van der Waals surface area (Å²) in [5.74, 6) is 1.76. The van der Waals surface area contributed by atoms with Crippen LogP contribution in [0.4, 0.5) is 5.95 Å². The van der Waals surface area contributed by atoms with Gasteiger partial charge in [-0.2, -0.15) is 10.1 Å².